The van der Waals surface area contributed by atoms with Gasteiger partial charge in [0.2, 0.25) is 0 Å². The number of nitrogens with one attached hydrogen (secondary N) is 2. The van der Waals surface area contributed by atoms with E-state index in [1.165, 1.54) is 0 Å². The minimum atomic E-state index is -1.10. The van der Waals surface area contributed by atoms with Crippen LogP contribution in [0.4, 0.5) is 9.59 Å². The SMILES string of the molecule is CC(C)(C)OC(=O)NCC(CNC(=O)OC(C)(C)C)C(=O)ON1C(=O)CCC1=O. The molecule has 0 aromatic heterocycles. The molecule has 0 aromatic carbocycles. The van der Waals surface area contributed by atoms with Gasteiger partial charge < -0.3 is 24.9 Å². The van der Waals surface area contributed by atoms with Gasteiger partial charge in [-0.3, -0.25) is 9.59 Å². The van der Waals surface area contributed by atoms with Crippen molar-refractivity contribution in [2.75, 3.05) is 13.1 Å². The lowest BCUT2D eigenvalue weighted by Crippen LogP contribution is -2.45. The van der Waals surface area contributed by atoms with E-state index in [9.17, 15) is 24.0 Å². The topological polar surface area (TPSA) is 140 Å². The molecular weight excluding hydrogens is 386 g/mol. The molecule has 0 aromatic rings. The number of amides is 4. The van der Waals surface area contributed by atoms with E-state index in [2.05, 4.69) is 10.6 Å². The maximum atomic E-state index is 12.4. The predicted molar refractivity (Wildman–Crippen MR) is 99.1 cm³/mol. The fraction of sp³-hybridized carbons (Fsp3) is 0.722. The fourth-order valence-corrected chi connectivity index (χ4v) is 2.10. The molecule has 11 heteroatoms. The Bertz CT molecular complexity index is 615. The van der Waals surface area contributed by atoms with Crippen LogP contribution in [0, 0.1) is 5.92 Å². The van der Waals surface area contributed by atoms with Gasteiger partial charge in [-0.1, -0.05) is 0 Å². The molecule has 0 atom stereocenters. The second-order valence-electron chi connectivity index (χ2n) is 8.45. The van der Waals surface area contributed by atoms with E-state index >= 15 is 0 Å². The van der Waals surface area contributed by atoms with Crippen molar-refractivity contribution in [3.8, 4) is 0 Å². The number of carbonyl (C=O) groups is 5. The van der Waals surface area contributed by atoms with E-state index in [1.54, 1.807) is 41.5 Å². The molecule has 11 nitrogen and oxygen atoms in total. The summed E-state index contributed by atoms with van der Waals surface area (Å²) >= 11 is 0. The van der Waals surface area contributed by atoms with Crippen molar-refractivity contribution in [2.24, 2.45) is 5.92 Å². The van der Waals surface area contributed by atoms with Crippen LogP contribution in [0.25, 0.3) is 0 Å². The number of ether oxygens (including phenoxy) is 2. The summed E-state index contributed by atoms with van der Waals surface area (Å²) in [4.78, 5) is 64.3. The summed E-state index contributed by atoms with van der Waals surface area (Å²) in [6.45, 7) is 9.51. The van der Waals surface area contributed by atoms with Gasteiger partial charge in [0.15, 0.2) is 0 Å². The van der Waals surface area contributed by atoms with Crippen LogP contribution in [0.1, 0.15) is 54.4 Å². The molecule has 0 unspecified atom stereocenters. The first-order chi connectivity index (χ1) is 13.2. The highest BCUT2D eigenvalue weighted by molar-refractivity contribution is 6.01. The van der Waals surface area contributed by atoms with Crippen LogP contribution >= 0.6 is 0 Å². The number of alkyl carbamates (subject to hydrolysis) is 2. The highest BCUT2D eigenvalue weighted by atomic mass is 16.7. The van der Waals surface area contributed by atoms with Crippen molar-refractivity contribution in [2.45, 2.75) is 65.6 Å². The summed E-state index contributed by atoms with van der Waals surface area (Å²) in [6, 6.07) is 0. The molecule has 1 aliphatic heterocycles. The summed E-state index contributed by atoms with van der Waals surface area (Å²) in [5, 5.41) is 5.19. The fourth-order valence-electron chi connectivity index (χ4n) is 2.10. The molecule has 0 spiro atoms. The number of hydrogen-bond acceptors (Lipinski definition) is 8. The summed E-state index contributed by atoms with van der Waals surface area (Å²) < 4.78 is 10.2. The molecule has 2 N–H and O–H groups in total. The summed E-state index contributed by atoms with van der Waals surface area (Å²) in [7, 11) is 0. The van der Waals surface area contributed by atoms with Crippen LogP contribution in [0.15, 0.2) is 0 Å². The van der Waals surface area contributed by atoms with Gasteiger partial charge in [0.25, 0.3) is 11.8 Å². The molecule has 1 rings (SSSR count). The van der Waals surface area contributed by atoms with Crippen molar-refractivity contribution < 1.29 is 38.3 Å². The van der Waals surface area contributed by atoms with Crippen LogP contribution in [0.3, 0.4) is 0 Å². The molecule has 0 saturated carbocycles. The van der Waals surface area contributed by atoms with Crippen molar-refractivity contribution in [1.29, 1.82) is 0 Å². The van der Waals surface area contributed by atoms with Crippen LogP contribution < -0.4 is 10.6 Å². The second-order valence-corrected chi connectivity index (χ2v) is 8.45. The predicted octanol–water partition coefficient (Wildman–Crippen LogP) is 1.26. The first-order valence-electron chi connectivity index (χ1n) is 9.19. The van der Waals surface area contributed by atoms with Crippen LogP contribution in [-0.4, -0.2) is 59.3 Å². The minimum Gasteiger partial charge on any atom is -0.444 e. The molecule has 1 fully saturated rings. The van der Waals surface area contributed by atoms with Gasteiger partial charge in [0.05, 0.1) is 5.92 Å². The Morgan fingerprint density at radius 3 is 1.59 bits per heavy atom. The second kappa shape index (κ2) is 9.57. The Kier molecular flexibility index (Phi) is 7.98. The number of carbonyl (C=O) groups excluding carboxylic acids is 5. The Balaban J connectivity index is 2.74. The van der Waals surface area contributed by atoms with E-state index in [-0.39, 0.29) is 25.9 Å². The Morgan fingerprint density at radius 1 is 0.862 bits per heavy atom. The molecule has 0 radical (unpaired) electrons. The third-order valence-electron chi connectivity index (χ3n) is 3.30. The Morgan fingerprint density at radius 2 is 1.24 bits per heavy atom. The molecule has 164 valence electrons. The third-order valence-corrected chi connectivity index (χ3v) is 3.30. The summed E-state index contributed by atoms with van der Waals surface area (Å²) in [5.41, 5.74) is -1.49. The number of hydroxylamine groups is 2. The zero-order valence-electron chi connectivity index (χ0n) is 17.6. The third kappa shape index (κ3) is 9.26. The lowest BCUT2D eigenvalue weighted by atomic mass is 10.1. The molecule has 4 amide bonds. The number of hydrogen-bond donors (Lipinski definition) is 2. The highest BCUT2D eigenvalue weighted by Crippen LogP contribution is 2.14. The number of nitrogens with zero attached hydrogens (tertiary/aromatic N) is 1. The van der Waals surface area contributed by atoms with Crippen LogP contribution in [-0.2, 0) is 28.7 Å². The quantitative estimate of drug-likeness (QED) is 0.618. The van der Waals surface area contributed by atoms with Crippen LogP contribution in [0.5, 0.6) is 0 Å². The molecule has 0 bridgehead atoms. The van der Waals surface area contributed by atoms with Crippen molar-refractivity contribution >= 4 is 30.0 Å². The average molecular weight is 415 g/mol. The van der Waals surface area contributed by atoms with E-state index in [0.29, 0.717) is 5.06 Å². The Hall–Kier alpha value is -2.85. The zero-order valence-corrected chi connectivity index (χ0v) is 17.6. The molecular formula is C18H29N3O8. The van der Waals surface area contributed by atoms with E-state index in [1.807, 2.05) is 0 Å². The maximum absolute atomic E-state index is 12.4. The molecule has 1 aliphatic rings. The largest absolute Gasteiger partial charge is 0.444 e. The number of imide groups is 1. The lowest BCUT2D eigenvalue weighted by Gasteiger charge is -2.23. The minimum absolute atomic E-state index is 0.0525. The van der Waals surface area contributed by atoms with Gasteiger partial charge in [0, 0.05) is 25.9 Å². The summed E-state index contributed by atoms with van der Waals surface area (Å²) in [6.07, 6.45) is -1.66. The maximum Gasteiger partial charge on any atom is 0.407 e. The normalized spacial score (nSPS) is 14.7. The summed E-state index contributed by atoms with van der Waals surface area (Å²) in [5.74, 6) is -3.35. The van der Waals surface area contributed by atoms with Crippen molar-refractivity contribution in [3.05, 3.63) is 0 Å². The number of rotatable bonds is 6. The van der Waals surface area contributed by atoms with Crippen molar-refractivity contribution in [3.63, 3.8) is 0 Å². The van der Waals surface area contributed by atoms with E-state index in [4.69, 9.17) is 14.3 Å². The van der Waals surface area contributed by atoms with E-state index < -0.39 is 47.1 Å². The smallest absolute Gasteiger partial charge is 0.407 e. The van der Waals surface area contributed by atoms with Crippen molar-refractivity contribution in [1.82, 2.24) is 15.7 Å². The first-order valence-corrected chi connectivity index (χ1v) is 9.19. The van der Waals surface area contributed by atoms with Gasteiger partial charge in [-0.05, 0) is 41.5 Å². The van der Waals surface area contributed by atoms with Gasteiger partial charge in [0.1, 0.15) is 11.2 Å². The monoisotopic (exact) mass is 415 g/mol. The molecule has 0 aliphatic carbocycles. The van der Waals surface area contributed by atoms with Gasteiger partial charge >= 0.3 is 18.2 Å². The molecule has 1 saturated heterocycles. The average Bonchev–Trinajstić information content (AvgIpc) is 2.83. The lowest BCUT2D eigenvalue weighted by molar-refractivity contribution is -0.200. The van der Waals surface area contributed by atoms with Gasteiger partial charge in [-0.15, -0.1) is 5.06 Å². The first kappa shape index (κ1) is 24.2. The highest BCUT2D eigenvalue weighted by Gasteiger charge is 2.35. The molecule has 1 heterocycles. The standard InChI is InChI=1S/C18H29N3O8/c1-17(2,3)27-15(25)19-9-11(10-20-16(26)28-18(4,5)6)14(24)29-21-12(22)7-8-13(21)23/h11H,7-10H2,1-6H3,(H,19,25)(H,20,26). The zero-order chi connectivity index (χ0) is 22.4. The molecule has 29 heavy (non-hydrogen) atoms. The Labute approximate surface area is 169 Å². The van der Waals surface area contributed by atoms with Crippen LogP contribution in [0.2, 0.25) is 0 Å². The van der Waals surface area contributed by atoms with E-state index in [0.717, 1.165) is 0 Å². The van der Waals surface area contributed by atoms with Gasteiger partial charge in [-0.25, -0.2) is 14.4 Å². The van der Waals surface area contributed by atoms with Gasteiger partial charge in [-0.2, -0.15) is 0 Å².